The van der Waals surface area contributed by atoms with Crippen LogP contribution < -0.4 is 5.32 Å². The summed E-state index contributed by atoms with van der Waals surface area (Å²) in [7, 11) is 0. The molecule has 0 bridgehead atoms. The molecule has 1 amide bonds. The summed E-state index contributed by atoms with van der Waals surface area (Å²) in [6.45, 7) is 3.90. The fourth-order valence-corrected chi connectivity index (χ4v) is 4.11. The molecule has 6 nitrogen and oxygen atoms in total. The van der Waals surface area contributed by atoms with Crippen molar-refractivity contribution in [2.75, 3.05) is 5.75 Å². The van der Waals surface area contributed by atoms with Gasteiger partial charge in [-0.05, 0) is 50.3 Å². The second kappa shape index (κ2) is 7.07. The molecule has 0 fully saturated rings. The highest BCUT2D eigenvalue weighted by Crippen LogP contribution is 2.29. The summed E-state index contributed by atoms with van der Waals surface area (Å²) in [6, 6.07) is 10.4. The highest BCUT2D eigenvalue weighted by molar-refractivity contribution is 7.99. The third-order valence-corrected chi connectivity index (χ3v) is 5.47. The number of thioether (sulfide) groups is 1. The van der Waals surface area contributed by atoms with E-state index in [1.807, 2.05) is 26.0 Å². The molecular weight excluding hydrogens is 346 g/mol. The average molecular weight is 367 g/mol. The van der Waals surface area contributed by atoms with Crippen molar-refractivity contribution in [3.8, 4) is 0 Å². The van der Waals surface area contributed by atoms with Crippen LogP contribution in [0.4, 0.5) is 0 Å². The van der Waals surface area contributed by atoms with E-state index >= 15 is 0 Å². The fourth-order valence-electron chi connectivity index (χ4n) is 3.48. The average Bonchev–Trinajstić information content (AvgIpc) is 3.04. The predicted molar refractivity (Wildman–Crippen MR) is 101 cm³/mol. The third-order valence-electron chi connectivity index (χ3n) is 4.64. The Balaban J connectivity index is 1.41. The van der Waals surface area contributed by atoms with Crippen LogP contribution >= 0.6 is 11.8 Å². The van der Waals surface area contributed by atoms with Gasteiger partial charge in [-0.25, -0.2) is 9.50 Å². The molecule has 0 saturated heterocycles. The van der Waals surface area contributed by atoms with Gasteiger partial charge in [-0.3, -0.25) is 4.79 Å². The Hall–Kier alpha value is -2.41. The van der Waals surface area contributed by atoms with E-state index in [9.17, 15) is 4.79 Å². The minimum Gasteiger partial charge on any atom is -0.349 e. The van der Waals surface area contributed by atoms with Gasteiger partial charge in [-0.15, -0.1) is 5.10 Å². The maximum atomic E-state index is 12.4. The molecule has 1 aliphatic carbocycles. The summed E-state index contributed by atoms with van der Waals surface area (Å²) in [5.74, 6) is 0.885. The molecule has 1 atom stereocenters. The second-order valence-electron chi connectivity index (χ2n) is 6.64. The van der Waals surface area contributed by atoms with Gasteiger partial charge >= 0.3 is 0 Å². The van der Waals surface area contributed by atoms with E-state index in [-0.39, 0.29) is 11.9 Å². The van der Waals surface area contributed by atoms with Crippen molar-refractivity contribution in [3.05, 3.63) is 52.8 Å². The lowest BCUT2D eigenvalue weighted by atomic mass is 9.88. The first-order valence-electron chi connectivity index (χ1n) is 8.81. The number of fused-ring (bicyclic) bond motifs is 2. The van der Waals surface area contributed by atoms with Crippen LogP contribution in [0.25, 0.3) is 5.78 Å². The van der Waals surface area contributed by atoms with Crippen LogP contribution in [0.2, 0.25) is 0 Å². The van der Waals surface area contributed by atoms with Gasteiger partial charge in [0, 0.05) is 11.4 Å². The summed E-state index contributed by atoms with van der Waals surface area (Å²) in [6.07, 6.45) is 3.18. The largest absolute Gasteiger partial charge is 0.349 e. The van der Waals surface area contributed by atoms with E-state index in [4.69, 9.17) is 0 Å². The molecule has 1 N–H and O–H groups in total. The molecule has 2 heterocycles. The Labute approximate surface area is 156 Å². The second-order valence-corrected chi connectivity index (χ2v) is 7.59. The molecule has 0 spiro atoms. The lowest BCUT2D eigenvalue weighted by Gasteiger charge is -2.26. The van der Waals surface area contributed by atoms with Crippen LogP contribution in [0, 0.1) is 13.8 Å². The lowest BCUT2D eigenvalue weighted by Crippen LogP contribution is -2.32. The first-order valence-corrected chi connectivity index (χ1v) is 9.80. The number of hydrogen-bond donors (Lipinski definition) is 1. The van der Waals surface area contributed by atoms with E-state index in [2.05, 4.69) is 38.6 Å². The zero-order valence-electron chi connectivity index (χ0n) is 14.9. The Bertz CT molecular complexity index is 968. The molecule has 0 unspecified atom stereocenters. The zero-order valence-corrected chi connectivity index (χ0v) is 15.7. The highest BCUT2D eigenvalue weighted by Gasteiger charge is 2.21. The Morgan fingerprint density at radius 3 is 3.04 bits per heavy atom. The van der Waals surface area contributed by atoms with Crippen LogP contribution in [0.15, 0.2) is 35.5 Å². The summed E-state index contributed by atoms with van der Waals surface area (Å²) in [5.41, 5.74) is 4.48. The Kier molecular flexibility index (Phi) is 4.63. The number of hydrogen-bond acceptors (Lipinski definition) is 5. The summed E-state index contributed by atoms with van der Waals surface area (Å²) in [4.78, 5) is 21.2. The number of nitrogens with one attached hydrogen (secondary N) is 1. The number of rotatable bonds is 4. The minimum atomic E-state index is 0.0106. The molecule has 4 rings (SSSR count). The van der Waals surface area contributed by atoms with Crippen LogP contribution in [0.1, 0.15) is 41.4 Å². The predicted octanol–water partition coefficient (Wildman–Crippen LogP) is 3.03. The molecule has 1 aliphatic rings. The van der Waals surface area contributed by atoms with Crippen molar-refractivity contribution >= 4 is 23.4 Å². The van der Waals surface area contributed by atoms with Crippen molar-refractivity contribution in [2.45, 2.75) is 44.3 Å². The monoisotopic (exact) mass is 367 g/mol. The summed E-state index contributed by atoms with van der Waals surface area (Å²) >= 11 is 1.34. The Morgan fingerprint density at radius 1 is 1.31 bits per heavy atom. The van der Waals surface area contributed by atoms with Crippen LogP contribution in [-0.4, -0.2) is 31.2 Å². The van der Waals surface area contributed by atoms with E-state index in [0.29, 0.717) is 16.7 Å². The van der Waals surface area contributed by atoms with Crippen molar-refractivity contribution in [1.29, 1.82) is 0 Å². The first kappa shape index (κ1) is 17.0. The van der Waals surface area contributed by atoms with Gasteiger partial charge in [0.15, 0.2) is 0 Å². The van der Waals surface area contributed by atoms with E-state index in [1.54, 1.807) is 4.52 Å². The van der Waals surface area contributed by atoms with E-state index in [0.717, 1.165) is 30.7 Å². The lowest BCUT2D eigenvalue weighted by molar-refractivity contribution is -0.119. The number of aromatic nitrogens is 4. The van der Waals surface area contributed by atoms with Crippen LogP contribution in [0.5, 0.6) is 0 Å². The number of amides is 1. The molecule has 2 aromatic heterocycles. The number of carbonyl (C=O) groups excluding carboxylic acids is 1. The summed E-state index contributed by atoms with van der Waals surface area (Å²) < 4.78 is 1.71. The third kappa shape index (κ3) is 3.44. The molecule has 0 radical (unpaired) electrons. The maximum absolute atomic E-state index is 12.4. The fraction of sp³-hybridized carbons (Fsp3) is 0.368. The summed E-state index contributed by atoms with van der Waals surface area (Å²) in [5, 5.41) is 8.17. The van der Waals surface area contributed by atoms with Crippen LogP contribution in [-0.2, 0) is 11.2 Å². The number of carbonyl (C=O) groups is 1. The van der Waals surface area contributed by atoms with Gasteiger partial charge < -0.3 is 5.32 Å². The minimum absolute atomic E-state index is 0.0106. The maximum Gasteiger partial charge on any atom is 0.253 e. The standard InChI is InChI=1S/C19H21N5OS/c1-12-10-13(2)24-18(20-12)22-19(23-24)26-11-17(25)21-16-9-5-7-14-6-3-4-8-15(14)16/h3-4,6,8,10,16H,5,7,9,11H2,1-2H3,(H,21,25)/t16-/m1/s1. The van der Waals surface area contributed by atoms with Crippen LogP contribution in [0.3, 0.4) is 0 Å². The van der Waals surface area contributed by atoms with Crippen molar-refractivity contribution < 1.29 is 4.79 Å². The van der Waals surface area contributed by atoms with Gasteiger partial charge in [-0.2, -0.15) is 4.98 Å². The van der Waals surface area contributed by atoms with Crippen molar-refractivity contribution in [2.24, 2.45) is 0 Å². The normalized spacial score (nSPS) is 16.5. The van der Waals surface area contributed by atoms with Gasteiger partial charge in [0.1, 0.15) is 0 Å². The van der Waals surface area contributed by atoms with Gasteiger partial charge in [0.25, 0.3) is 5.78 Å². The number of nitrogens with zero attached hydrogens (tertiary/aromatic N) is 4. The SMILES string of the molecule is Cc1cc(C)n2nc(SCC(=O)N[C@@H]3CCCc4ccccc43)nc2n1. The number of aryl methyl sites for hydroxylation is 3. The van der Waals surface area contributed by atoms with Gasteiger partial charge in [-0.1, -0.05) is 36.0 Å². The van der Waals surface area contributed by atoms with Crippen molar-refractivity contribution in [3.63, 3.8) is 0 Å². The molecule has 134 valence electrons. The molecule has 7 heteroatoms. The molecule has 1 aromatic carbocycles. The quantitative estimate of drug-likeness (QED) is 0.718. The van der Waals surface area contributed by atoms with Crippen molar-refractivity contribution in [1.82, 2.24) is 24.9 Å². The zero-order chi connectivity index (χ0) is 18.1. The molecule has 0 aliphatic heterocycles. The highest BCUT2D eigenvalue weighted by atomic mass is 32.2. The molecule has 0 saturated carbocycles. The van der Waals surface area contributed by atoms with Gasteiger partial charge in [0.2, 0.25) is 11.1 Å². The molecular formula is C19H21N5OS. The molecule has 26 heavy (non-hydrogen) atoms. The number of benzene rings is 1. The van der Waals surface area contributed by atoms with E-state index in [1.165, 1.54) is 22.9 Å². The first-order chi connectivity index (χ1) is 12.6. The van der Waals surface area contributed by atoms with E-state index < -0.39 is 0 Å². The smallest absolute Gasteiger partial charge is 0.253 e. The molecule has 3 aromatic rings. The topological polar surface area (TPSA) is 72.2 Å². The van der Waals surface area contributed by atoms with Gasteiger partial charge in [0.05, 0.1) is 11.8 Å². The Morgan fingerprint density at radius 2 is 2.15 bits per heavy atom.